The van der Waals surface area contributed by atoms with Crippen LogP contribution in [0.4, 0.5) is 0 Å². The summed E-state index contributed by atoms with van der Waals surface area (Å²) in [5.41, 5.74) is 1.37. The van der Waals surface area contributed by atoms with Crippen molar-refractivity contribution in [3.05, 3.63) is 30.1 Å². The number of aromatic nitrogens is 1. The Kier molecular flexibility index (Phi) is 5.55. The second kappa shape index (κ2) is 7.19. The van der Waals surface area contributed by atoms with E-state index in [1.165, 1.54) is 12.0 Å². The fourth-order valence-electron chi connectivity index (χ4n) is 3.19. The van der Waals surface area contributed by atoms with Crippen molar-refractivity contribution in [1.29, 1.82) is 0 Å². The largest absolute Gasteiger partial charge is 0.311 e. The molecule has 1 aromatic rings. The first-order valence-corrected chi connectivity index (χ1v) is 7.92. The molecule has 3 heteroatoms. The van der Waals surface area contributed by atoms with E-state index in [-0.39, 0.29) is 0 Å². The molecule has 2 heterocycles. The average Bonchev–Trinajstić information content (AvgIpc) is 2.39. The molecule has 1 saturated heterocycles. The minimum absolute atomic E-state index is 0.631. The Morgan fingerprint density at radius 2 is 1.95 bits per heavy atom. The highest BCUT2D eigenvalue weighted by Crippen LogP contribution is 2.20. The van der Waals surface area contributed by atoms with Gasteiger partial charge in [-0.3, -0.25) is 9.88 Å². The zero-order valence-corrected chi connectivity index (χ0v) is 13.3. The Morgan fingerprint density at radius 3 is 2.55 bits per heavy atom. The summed E-state index contributed by atoms with van der Waals surface area (Å²) in [7, 11) is 0. The maximum absolute atomic E-state index is 4.12. The van der Waals surface area contributed by atoms with Crippen molar-refractivity contribution in [3.63, 3.8) is 0 Å². The molecule has 0 spiro atoms. The zero-order valence-electron chi connectivity index (χ0n) is 13.3. The highest BCUT2D eigenvalue weighted by atomic mass is 15.2. The Hall–Kier alpha value is -0.930. The molecule has 112 valence electrons. The number of nitrogens with one attached hydrogen (secondary N) is 1. The van der Waals surface area contributed by atoms with E-state index in [4.69, 9.17) is 0 Å². The second-order valence-corrected chi connectivity index (χ2v) is 6.83. The lowest BCUT2D eigenvalue weighted by molar-refractivity contribution is 0.0852. The van der Waals surface area contributed by atoms with Crippen LogP contribution < -0.4 is 5.32 Å². The van der Waals surface area contributed by atoms with Crippen LogP contribution >= 0.6 is 0 Å². The van der Waals surface area contributed by atoms with E-state index in [2.05, 4.69) is 55.0 Å². The monoisotopic (exact) mass is 275 g/mol. The van der Waals surface area contributed by atoms with Gasteiger partial charge >= 0.3 is 0 Å². The van der Waals surface area contributed by atoms with E-state index in [0.717, 1.165) is 25.6 Å². The van der Waals surface area contributed by atoms with Gasteiger partial charge in [-0.1, -0.05) is 27.7 Å². The van der Waals surface area contributed by atoms with Crippen molar-refractivity contribution >= 4 is 0 Å². The molecule has 20 heavy (non-hydrogen) atoms. The zero-order chi connectivity index (χ0) is 14.5. The maximum Gasteiger partial charge on any atom is 0.0271 e. The molecule has 0 aliphatic carbocycles. The van der Waals surface area contributed by atoms with E-state index in [1.807, 2.05) is 12.4 Å². The van der Waals surface area contributed by atoms with Crippen LogP contribution in [0.15, 0.2) is 24.5 Å². The lowest BCUT2D eigenvalue weighted by Gasteiger charge is -2.43. The molecule has 1 aliphatic rings. The molecule has 0 aromatic carbocycles. The van der Waals surface area contributed by atoms with Crippen LogP contribution in [0.2, 0.25) is 0 Å². The number of hydrogen-bond donors (Lipinski definition) is 1. The van der Waals surface area contributed by atoms with Gasteiger partial charge in [-0.15, -0.1) is 0 Å². The van der Waals surface area contributed by atoms with E-state index in [0.29, 0.717) is 18.0 Å². The predicted octanol–water partition coefficient (Wildman–Crippen LogP) is 2.93. The van der Waals surface area contributed by atoms with Crippen LogP contribution in [-0.4, -0.2) is 35.1 Å². The summed E-state index contributed by atoms with van der Waals surface area (Å²) in [4.78, 5) is 6.77. The molecule has 1 fully saturated rings. The minimum Gasteiger partial charge on any atom is -0.311 e. The van der Waals surface area contributed by atoms with Crippen molar-refractivity contribution in [2.24, 2.45) is 11.8 Å². The summed E-state index contributed by atoms with van der Waals surface area (Å²) < 4.78 is 0. The third-order valence-corrected chi connectivity index (χ3v) is 4.20. The van der Waals surface area contributed by atoms with Crippen molar-refractivity contribution in [3.8, 4) is 0 Å². The fourth-order valence-corrected chi connectivity index (χ4v) is 3.19. The van der Waals surface area contributed by atoms with Crippen LogP contribution in [0, 0.1) is 11.8 Å². The highest BCUT2D eigenvalue weighted by molar-refractivity contribution is 5.10. The average molecular weight is 275 g/mol. The van der Waals surface area contributed by atoms with Gasteiger partial charge < -0.3 is 5.32 Å². The molecular formula is C17H29N3. The Morgan fingerprint density at radius 1 is 1.25 bits per heavy atom. The van der Waals surface area contributed by atoms with Crippen LogP contribution in [0.3, 0.4) is 0 Å². The van der Waals surface area contributed by atoms with Gasteiger partial charge in [0.15, 0.2) is 0 Å². The lowest BCUT2D eigenvalue weighted by Crippen LogP contribution is -2.58. The van der Waals surface area contributed by atoms with Gasteiger partial charge in [-0.2, -0.15) is 0 Å². The molecule has 2 rings (SSSR count). The summed E-state index contributed by atoms with van der Waals surface area (Å²) in [5.74, 6) is 1.44. The Bertz CT molecular complexity index is 388. The third-order valence-electron chi connectivity index (χ3n) is 4.20. The summed E-state index contributed by atoms with van der Waals surface area (Å²) >= 11 is 0. The van der Waals surface area contributed by atoms with Gasteiger partial charge in [-0.25, -0.2) is 0 Å². The van der Waals surface area contributed by atoms with Crippen LogP contribution in [0.1, 0.15) is 39.7 Å². The summed E-state index contributed by atoms with van der Waals surface area (Å²) in [5, 5.41) is 3.74. The molecule has 0 radical (unpaired) electrons. The molecular weight excluding hydrogens is 246 g/mol. The smallest absolute Gasteiger partial charge is 0.0271 e. The maximum atomic E-state index is 4.12. The molecule has 1 aromatic heterocycles. The highest BCUT2D eigenvalue weighted by Gasteiger charge is 2.29. The van der Waals surface area contributed by atoms with Crippen molar-refractivity contribution in [1.82, 2.24) is 15.2 Å². The third kappa shape index (κ3) is 4.29. The molecule has 2 atom stereocenters. The first-order valence-electron chi connectivity index (χ1n) is 7.92. The molecule has 2 unspecified atom stereocenters. The van der Waals surface area contributed by atoms with Crippen molar-refractivity contribution < 1.29 is 0 Å². The standard InChI is InChI=1S/C17H29N3/c1-13(2)9-16-12-20(17(10-19-16)14(3)4)11-15-5-7-18-8-6-15/h5-8,13-14,16-17,19H,9-12H2,1-4H3. The molecule has 0 saturated carbocycles. The molecule has 1 aliphatic heterocycles. The van der Waals surface area contributed by atoms with Gasteiger partial charge in [0, 0.05) is 44.1 Å². The number of piperazine rings is 1. The molecule has 0 amide bonds. The molecule has 3 nitrogen and oxygen atoms in total. The topological polar surface area (TPSA) is 28.2 Å². The summed E-state index contributed by atoms with van der Waals surface area (Å²) in [6, 6.07) is 5.53. The van der Waals surface area contributed by atoms with Crippen LogP contribution in [-0.2, 0) is 6.54 Å². The minimum atomic E-state index is 0.631. The van der Waals surface area contributed by atoms with Gasteiger partial charge in [-0.05, 0) is 36.0 Å². The molecule has 1 N–H and O–H groups in total. The molecule has 0 bridgehead atoms. The predicted molar refractivity (Wildman–Crippen MR) is 84.5 cm³/mol. The number of nitrogens with zero attached hydrogens (tertiary/aromatic N) is 2. The number of hydrogen-bond acceptors (Lipinski definition) is 3. The van der Waals surface area contributed by atoms with Crippen molar-refractivity contribution in [2.75, 3.05) is 13.1 Å². The number of rotatable bonds is 5. The van der Waals surface area contributed by atoms with Crippen LogP contribution in [0.5, 0.6) is 0 Å². The van der Waals surface area contributed by atoms with E-state index >= 15 is 0 Å². The van der Waals surface area contributed by atoms with Gasteiger partial charge in [0.05, 0.1) is 0 Å². The van der Waals surface area contributed by atoms with E-state index < -0.39 is 0 Å². The second-order valence-electron chi connectivity index (χ2n) is 6.83. The first kappa shape index (κ1) is 15.5. The summed E-state index contributed by atoms with van der Waals surface area (Å²) in [6.45, 7) is 12.6. The van der Waals surface area contributed by atoms with E-state index in [9.17, 15) is 0 Å². The first-order chi connectivity index (χ1) is 9.56. The Balaban J connectivity index is 2.03. The lowest BCUT2D eigenvalue weighted by atomic mass is 9.94. The normalized spacial score (nSPS) is 24.5. The van der Waals surface area contributed by atoms with Gasteiger partial charge in [0.2, 0.25) is 0 Å². The Labute approximate surface area is 123 Å². The van der Waals surface area contributed by atoms with Crippen LogP contribution in [0.25, 0.3) is 0 Å². The number of pyridine rings is 1. The van der Waals surface area contributed by atoms with Gasteiger partial charge in [0.1, 0.15) is 0 Å². The SMILES string of the molecule is CC(C)CC1CN(Cc2ccncc2)C(C(C)C)CN1. The van der Waals surface area contributed by atoms with Crippen molar-refractivity contribution in [2.45, 2.75) is 52.7 Å². The summed E-state index contributed by atoms with van der Waals surface area (Å²) in [6.07, 6.45) is 5.05. The van der Waals surface area contributed by atoms with Gasteiger partial charge in [0.25, 0.3) is 0 Å². The van der Waals surface area contributed by atoms with E-state index in [1.54, 1.807) is 0 Å². The fraction of sp³-hybridized carbons (Fsp3) is 0.706. The quantitative estimate of drug-likeness (QED) is 0.895.